The lowest BCUT2D eigenvalue weighted by Gasteiger charge is -2.26. The van der Waals surface area contributed by atoms with Crippen molar-refractivity contribution >= 4 is 35.0 Å². The minimum Gasteiger partial charge on any atom is -0.492 e. The van der Waals surface area contributed by atoms with Crippen LogP contribution in [0.2, 0.25) is 10.0 Å². The van der Waals surface area contributed by atoms with E-state index >= 15 is 0 Å². The van der Waals surface area contributed by atoms with Crippen molar-refractivity contribution in [2.24, 2.45) is 0 Å². The molecule has 0 radical (unpaired) electrons. The van der Waals surface area contributed by atoms with Gasteiger partial charge in [0.1, 0.15) is 11.8 Å². The van der Waals surface area contributed by atoms with Crippen LogP contribution >= 0.6 is 23.2 Å². The molecule has 0 aromatic heterocycles. The Bertz CT molecular complexity index is 607. The third-order valence-corrected chi connectivity index (χ3v) is 4.52. The maximum absolute atomic E-state index is 12.4. The summed E-state index contributed by atoms with van der Waals surface area (Å²) in [7, 11) is 3.43. The monoisotopic (exact) mass is 372 g/mol. The van der Waals surface area contributed by atoms with Crippen LogP contribution in [0.1, 0.15) is 25.7 Å². The zero-order chi connectivity index (χ0) is 17.7. The molecule has 7 heteroatoms. The van der Waals surface area contributed by atoms with Crippen molar-refractivity contribution in [1.29, 1.82) is 0 Å². The molecule has 24 heavy (non-hydrogen) atoms. The second-order valence-electron chi connectivity index (χ2n) is 6.00. The first-order valence-electron chi connectivity index (χ1n) is 7.98. The van der Waals surface area contributed by atoms with E-state index in [0.29, 0.717) is 41.8 Å². The summed E-state index contributed by atoms with van der Waals surface area (Å²) in [4.78, 5) is 27.7. The molecule has 1 aromatic rings. The van der Waals surface area contributed by atoms with E-state index in [1.54, 1.807) is 42.1 Å². The Morgan fingerprint density at radius 3 is 2.75 bits per heavy atom. The fourth-order valence-electron chi connectivity index (χ4n) is 2.76. The van der Waals surface area contributed by atoms with Crippen LogP contribution in [0.25, 0.3) is 0 Å². The van der Waals surface area contributed by atoms with Crippen LogP contribution in [-0.2, 0) is 9.59 Å². The summed E-state index contributed by atoms with van der Waals surface area (Å²) in [6, 6.07) is 4.71. The highest BCUT2D eigenvalue weighted by molar-refractivity contribution is 6.35. The molecule has 1 fully saturated rings. The molecule has 5 nitrogen and oxygen atoms in total. The van der Waals surface area contributed by atoms with Gasteiger partial charge in [-0.3, -0.25) is 9.59 Å². The minimum absolute atomic E-state index is 0.00139. The van der Waals surface area contributed by atoms with Gasteiger partial charge >= 0.3 is 0 Å². The van der Waals surface area contributed by atoms with Crippen LogP contribution in [-0.4, -0.2) is 54.9 Å². The number of likely N-dealkylation sites (N-methyl/N-ethyl adjacent to an activating group) is 1. The van der Waals surface area contributed by atoms with Crippen LogP contribution in [0.5, 0.6) is 5.75 Å². The molecular formula is C17H22Cl2N2O3. The number of likely N-dealkylation sites (tertiary alicyclic amines) is 1. The summed E-state index contributed by atoms with van der Waals surface area (Å²) in [6.07, 6.45) is 2.52. The number of ether oxygens (including phenoxy) is 1. The van der Waals surface area contributed by atoms with Gasteiger partial charge in [-0.25, -0.2) is 0 Å². The van der Waals surface area contributed by atoms with Gasteiger partial charge in [-0.2, -0.15) is 0 Å². The maximum Gasteiger partial charge on any atom is 0.244 e. The predicted molar refractivity (Wildman–Crippen MR) is 94.6 cm³/mol. The average Bonchev–Trinajstić information content (AvgIpc) is 3.01. The molecule has 0 spiro atoms. The SMILES string of the molecule is CN(C)C(=O)C1CCCN1C(=O)CCCOc1ccc(Cl)cc1Cl. The van der Waals surface area contributed by atoms with Gasteiger partial charge < -0.3 is 14.5 Å². The molecule has 2 amide bonds. The van der Waals surface area contributed by atoms with Gasteiger partial charge in [-0.05, 0) is 37.5 Å². The van der Waals surface area contributed by atoms with Gasteiger partial charge in [0, 0.05) is 32.1 Å². The second kappa shape index (κ2) is 8.58. The molecule has 0 bridgehead atoms. The highest BCUT2D eigenvalue weighted by Gasteiger charge is 2.34. The van der Waals surface area contributed by atoms with E-state index in [-0.39, 0.29) is 17.9 Å². The Morgan fingerprint density at radius 1 is 1.33 bits per heavy atom. The highest BCUT2D eigenvalue weighted by Crippen LogP contribution is 2.27. The smallest absolute Gasteiger partial charge is 0.244 e. The Kier molecular flexibility index (Phi) is 6.75. The Hall–Kier alpha value is -1.46. The van der Waals surface area contributed by atoms with Crippen LogP contribution in [0.3, 0.4) is 0 Å². The summed E-state index contributed by atoms with van der Waals surface area (Å²) < 4.78 is 5.58. The van der Waals surface area contributed by atoms with Gasteiger partial charge in [0.25, 0.3) is 0 Å². The molecule has 132 valence electrons. The van der Waals surface area contributed by atoms with Crippen molar-refractivity contribution < 1.29 is 14.3 Å². The molecule has 0 N–H and O–H groups in total. The summed E-state index contributed by atoms with van der Waals surface area (Å²) in [5.41, 5.74) is 0. The molecule has 1 aliphatic heterocycles. The summed E-state index contributed by atoms with van der Waals surface area (Å²) in [6.45, 7) is 1.03. The zero-order valence-electron chi connectivity index (χ0n) is 13.9. The van der Waals surface area contributed by atoms with Crippen molar-refractivity contribution in [3.63, 3.8) is 0 Å². The molecule has 1 aromatic carbocycles. The number of benzene rings is 1. The Balaban J connectivity index is 1.79. The molecule has 1 saturated heterocycles. The lowest BCUT2D eigenvalue weighted by Crippen LogP contribution is -2.45. The van der Waals surface area contributed by atoms with Gasteiger partial charge in [-0.15, -0.1) is 0 Å². The lowest BCUT2D eigenvalue weighted by molar-refractivity contribution is -0.142. The Morgan fingerprint density at radius 2 is 2.08 bits per heavy atom. The largest absolute Gasteiger partial charge is 0.492 e. The van der Waals surface area contributed by atoms with E-state index < -0.39 is 0 Å². The number of halogens is 2. The Labute approximate surface area is 152 Å². The number of hydrogen-bond donors (Lipinski definition) is 0. The number of nitrogens with zero attached hydrogens (tertiary/aromatic N) is 2. The number of carbonyl (C=O) groups excluding carboxylic acids is 2. The fraction of sp³-hybridized carbons (Fsp3) is 0.529. The summed E-state index contributed by atoms with van der Waals surface area (Å²) in [5, 5.41) is 0.998. The van der Waals surface area contributed by atoms with E-state index in [0.717, 1.165) is 12.8 Å². The molecule has 1 heterocycles. The van der Waals surface area contributed by atoms with E-state index in [1.807, 2.05) is 0 Å². The van der Waals surface area contributed by atoms with Gasteiger partial charge in [0.15, 0.2) is 0 Å². The highest BCUT2D eigenvalue weighted by atomic mass is 35.5. The zero-order valence-corrected chi connectivity index (χ0v) is 15.4. The maximum atomic E-state index is 12.4. The van der Waals surface area contributed by atoms with E-state index in [1.165, 1.54) is 0 Å². The number of amides is 2. The standard InChI is InChI=1S/C17H22Cl2N2O3/c1-20(2)17(23)14-5-3-9-21(14)16(22)6-4-10-24-15-8-7-12(18)11-13(15)19/h7-8,11,14H,3-6,9-10H2,1-2H3. The lowest BCUT2D eigenvalue weighted by atomic mass is 10.2. The fourth-order valence-corrected chi connectivity index (χ4v) is 3.22. The van der Waals surface area contributed by atoms with Gasteiger partial charge in [0.2, 0.25) is 11.8 Å². The molecule has 0 aliphatic carbocycles. The van der Waals surface area contributed by atoms with Crippen LogP contribution in [0, 0.1) is 0 Å². The molecule has 1 atom stereocenters. The van der Waals surface area contributed by atoms with Crippen LogP contribution in [0.4, 0.5) is 0 Å². The van der Waals surface area contributed by atoms with Crippen molar-refractivity contribution in [2.45, 2.75) is 31.7 Å². The molecule has 2 rings (SSSR count). The molecule has 1 aliphatic rings. The van der Waals surface area contributed by atoms with Crippen molar-refractivity contribution in [2.75, 3.05) is 27.2 Å². The first-order valence-corrected chi connectivity index (χ1v) is 8.74. The summed E-state index contributed by atoms with van der Waals surface area (Å²) in [5.74, 6) is 0.541. The van der Waals surface area contributed by atoms with E-state index in [4.69, 9.17) is 27.9 Å². The first kappa shape index (κ1) is 18.9. The number of rotatable bonds is 6. The van der Waals surface area contributed by atoms with Crippen molar-refractivity contribution in [1.82, 2.24) is 9.80 Å². The first-order chi connectivity index (χ1) is 11.4. The van der Waals surface area contributed by atoms with Gasteiger partial charge in [0.05, 0.1) is 11.6 Å². The second-order valence-corrected chi connectivity index (χ2v) is 6.85. The molecule has 0 saturated carbocycles. The van der Waals surface area contributed by atoms with Crippen LogP contribution in [0.15, 0.2) is 18.2 Å². The third kappa shape index (κ3) is 4.77. The quantitative estimate of drug-likeness (QED) is 0.720. The minimum atomic E-state index is -0.320. The van der Waals surface area contributed by atoms with Crippen molar-refractivity contribution in [3.05, 3.63) is 28.2 Å². The number of hydrogen-bond acceptors (Lipinski definition) is 3. The normalized spacial score (nSPS) is 17.0. The summed E-state index contributed by atoms with van der Waals surface area (Å²) >= 11 is 11.9. The number of carbonyl (C=O) groups is 2. The van der Waals surface area contributed by atoms with E-state index in [9.17, 15) is 9.59 Å². The predicted octanol–water partition coefficient (Wildman–Crippen LogP) is 3.23. The van der Waals surface area contributed by atoms with Crippen molar-refractivity contribution in [3.8, 4) is 5.75 Å². The van der Waals surface area contributed by atoms with Gasteiger partial charge in [-0.1, -0.05) is 23.2 Å². The third-order valence-electron chi connectivity index (χ3n) is 3.99. The average molecular weight is 373 g/mol. The van der Waals surface area contributed by atoms with Crippen LogP contribution < -0.4 is 4.74 Å². The molecule has 1 unspecified atom stereocenters. The molecular weight excluding hydrogens is 351 g/mol. The topological polar surface area (TPSA) is 49.9 Å². The van der Waals surface area contributed by atoms with E-state index in [2.05, 4.69) is 0 Å².